The second-order valence-electron chi connectivity index (χ2n) is 6.75. The van der Waals surface area contributed by atoms with E-state index in [-0.39, 0.29) is 34.6 Å². The van der Waals surface area contributed by atoms with Gasteiger partial charge in [0.15, 0.2) is 11.9 Å². The maximum absolute atomic E-state index is 12.4. The molecule has 4 N–H and O–H groups in total. The third-order valence-corrected chi connectivity index (χ3v) is 5.36. The Labute approximate surface area is 157 Å². The van der Waals surface area contributed by atoms with Gasteiger partial charge >= 0.3 is 10.8 Å². The van der Waals surface area contributed by atoms with Gasteiger partial charge in [0.2, 0.25) is 5.95 Å². The normalized spacial score (nSPS) is 23.8. The molecule has 0 unspecified atom stereocenters. The monoisotopic (exact) mass is 398 g/mol. The van der Waals surface area contributed by atoms with Crippen LogP contribution in [0.2, 0.25) is 0 Å². The summed E-state index contributed by atoms with van der Waals surface area (Å²) in [7, 11) is 0. The molecule has 2 aromatic heterocycles. The van der Waals surface area contributed by atoms with Crippen molar-refractivity contribution in [2.75, 3.05) is 5.73 Å². The van der Waals surface area contributed by atoms with E-state index in [2.05, 4.69) is 9.97 Å². The zero-order chi connectivity index (χ0) is 19.9. The van der Waals surface area contributed by atoms with E-state index in [0.717, 1.165) is 4.57 Å². The number of nitrogens with zero attached hydrogens (tertiary/aromatic N) is 2. The summed E-state index contributed by atoms with van der Waals surface area (Å²) in [4.78, 5) is 42.2. The molecule has 27 heavy (non-hydrogen) atoms. The van der Waals surface area contributed by atoms with Crippen molar-refractivity contribution in [3.63, 3.8) is 0 Å². The number of hydrogen-bond acceptors (Lipinski definition) is 9. The van der Waals surface area contributed by atoms with E-state index < -0.39 is 35.0 Å². The van der Waals surface area contributed by atoms with Crippen LogP contribution in [0.25, 0.3) is 10.3 Å². The number of fused-ring (bicyclic) bond motifs is 1. The quantitative estimate of drug-likeness (QED) is 0.611. The molecule has 148 valence electrons. The summed E-state index contributed by atoms with van der Waals surface area (Å²) in [6.07, 6.45) is -2.54. The van der Waals surface area contributed by atoms with Crippen LogP contribution in [0.4, 0.5) is 5.95 Å². The molecule has 0 aromatic carbocycles. The highest BCUT2D eigenvalue weighted by Crippen LogP contribution is 2.33. The molecule has 4 atom stereocenters. The molecule has 1 aliphatic heterocycles. The number of ether oxygens (including phenoxy) is 2. The van der Waals surface area contributed by atoms with E-state index in [1.807, 2.05) is 6.92 Å². The van der Waals surface area contributed by atoms with Crippen LogP contribution in [0.1, 0.15) is 39.8 Å². The van der Waals surface area contributed by atoms with Gasteiger partial charge in [-0.25, -0.2) is 0 Å². The van der Waals surface area contributed by atoms with Crippen molar-refractivity contribution in [1.29, 1.82) is 0 Å². The predicted molar refractivity (Wildman–Crippen MR) is 98.5 cm³/mol. The number of esters is 1. The van der Waals surface area contributed by atoms with Crippen LogP contribution in [0.3, 0.4) is 0 Å². The Morgan fingerprint density at radius 1 is 1.52 bits per heavy atom. The molecule has 0 spiro atoms. The number of nitrogen functional groups attached to an aromatic ring is 1. The number of hydrogen-bond donors (Lipinski definition) is 3. The van der Waals surface area contributed by atoms with Crippen LogP contribution >= 0.6 is 11.3 Å². The fourth-order valence-electron chi connectivity index (χ4n) is 3.03. The number of carbonyl (C=O) groups is 1. The van der Waals surface area contributed by atoms with Crippen molar-refractivity contribution < 1.29 is 19.4 Å². The summed E-state index contributed by atoms with van der Waals surface area (Å²) in [6.45, 7) is 5.30. The number of nitrogens with two attached hydrogens (primary N) is 1. The van der Waals surface area contributed by atoms with Crippen LogP contribution in [0.5, 0.6) is 0 Å². The fourth-order valence-corrected chi connectivity index (χ4v) is 3.87. The van der Waals surface area contributed by atoms with Gasteiger partial charge < -0.3 is 20.3 Å². The Morgan fingerprint density at radius 2 is 2.22 bits per heavy atom. The number of rotatable bonds is 5. The van der Waals surface area contributed by atoms with E-state index in [1.165, 1.54) is 0 Å². The van der Waals surface area contributed by atoms with Crippen molar-refractivity contribution >= 4 is 33.6 Å². The largest absolute Gasteiger partial charge is 0.459 e. The average molecular weight is 398 g/mol. The van der Waals surface area contributed by atoms with Gasteiger partial charge in [0, 0.05) is 6.42 Å². The number of thiazole rings is 1. The van der Waals surface area contributed by atoms with Gasteiger partial charge in [-0.2, -0.15) is 4.98 Å². The topological polar surface area (TPSA) is 150 Å². The molecule has 3 heterocycles. The van der Waals surface area contributed by atoms with Crippen molar-refractivity contribution in [3.8, 4) is 0 Å². The SMILES string of the molecule is CC[C@H](OC(=O)C(C)C)[C@@H]1C[C@@H](O)[C@H](n2c(=O)sc3c(=O)[nH]c(N)nc32)O1. The molecular weight excluding hydrogens is 376 g/mol. The number of nitrogens with one attached hydrogen (secondary N) is 1. The smallest absolute Gasteiger partial charge is 0.311 e. The zero-order valence-electron chi connectivity index (χ0n) is 15.2. The zero-order valence-corrected chi connectivity index (χ0v) is 16.0. The second kappa shape index (κ2) is 7.41. The first-order valence-corrected chi connectivity index (χ1v) is 9.49. The number of aliphatic hydroxyl groups is 1. The maximum atomic E-state index is 12.4. The molecule has 1 saturated heterocycles. The standard InChI is InChI=1S/C16H22N4O6S/c1-4-8(26-14(23)6(2)3)9-5-7(21)13(25-9)20-11-10(27-16(20)24)12(22)19-15(17)18-11/h6-9,13,21H,4-5H2,1-3H3,(H3,17,18,19,22)/t7-,8+,9+,13-/m1/s1. The van der Waals surface area contributed by atoms with E-state index in [0.29, 0.717) is 17.8 Å². The summed E-state index contributed by atoms with van der Waals surface area (Å²) in [6, 6.07) is 0. The number of carbonyl (C=O) groups excluding carboxylic acids is 1. The van der Waals surface area contributed by atoms with Gasteiger partial charge in [0.1, 0.15) is 16.9 Å². The van der Waals surface area contributed by atoms with E-state index >= 15 is 0 Å². The summed E-state index contributed by atoms with van der Waals surface area (Å²) >= 11 is 0.702. The first-order valence-electron chi connectivity index (χ1n) is 8.67. The van der Waals surface area contributed by atoms with Gasteiger partial charge in [-0.1, -0.05) is 32.1 Å². The summed E-state index contributed by atoms with van der Waals surface area (Å²) in [5.41, 5.74) is 5.11. The minimum absolute atomic E-state index is 0.0585. The van der Waals surface area contributed by atoms with Crippen molar-refractivity contribution in [1.82, 2.24) is 14.5 Å². The molecular formula is C16H22N4O6S. The molecule has 11 heteroatoms. The van der Waals surface area contributed by atoms with E-state index in [4.69, 9.17) is 15.2 Å². The van der Waals surface area contributed by atoms with Crippen molar-refractivity contribution in [3.05, 3.63) is 20.0 Å². The lowest BCUT2D eigenvalue weighted by molar-refractivity contribution is -0.163. The van der Waals surface area contributed by atoms with Crippen molar-refractivity contribution in [2.24, 2.45) is 5.92 Å². The molecule has 0 bridgehead atoms. The number of aromatic amines is 1. The summed E-state index contributed by atoms with van der Waals surface area (Å²) in [5.74, 6) is -0.786. The van der Waals surface area contributed by atoms with Crippen LogP contribution in [0.15, 0.2) is 9.59 Å². The highest BCUT2D eigenvalue weighted by Gasteiger charge is 2.42. The molecule has 0 amide bonds. The third-order valence-electron chi connectivity index (χ3n) is 4.42. The number of aliphatic hydroxyl groups excluding tert-OH is 1. The molecule has 1 aliphatic rings. The molecule has 2 aromatic rings. The predicted octanol–water partition coefficient (Wildman–Crippen LogP) is 0.355. The van der Waals surface area contributed by atoms with Crippen LogP contribution < -0.4 is 16.2 Å². The Kier molecular flexibility index (Phi) is 5.36. The average Bonchev–Trinajstić information content (AvgIpc) is 3.11. The lowest BCUT2D eigenvalue weighted by Crippen LogP contribution is -2.32. The highest BCUT2D eigenvalue weighted by atomic mass is 32.1. The van der Waals surface area contributed by atoms with Gasteiger partial charge in [0.05, 0.1) is 12.0 Å². The molecule has 0 saturated carbocycles. The maximum Gasteiger partial charge on any atom is 0.311 e. The second-order valence-corrected chi connectivity index (χ2v) is 7.71. The third kappa shape index (κ3) is 3.62. The van der Waals surface area contributed by atoms with Crippen LogP contribution in [0, 0.1) is 5.92 Å². The molecule has 1 fully saturated rings. The highest BCUT2D eigenvalue weighted by molar-refractivity contribution is 7.16. The molecule has 3 rings (SSSR count). The minimum atomic E-state index is -1.04. The number of aromatic nitrogens is 3. The Hall–Kier alpha value is -2.24. The minimum Gasteiger partial charge on any atom is -0.459 e. The Morgan fingerprint density at radius 3 is 2.85 bits per heavy atom. The van der Waals surface area contributed by atoms with Gasteiger partial charge in [-0.15, -0.1) is 0 Å². The van der Waals surface area contributed by atoms with E-state index in [1.54, 1.807) is 13.8 Å². The Balaban J connectivity index is 1.92. The van der Waals surface area contributed by atoms with E-state index in [9.17, 15) is 19.5 Å². The van der Waals surface area contributed by atoms with Crippen LogP contribution in [-0.2, 0) is 14.3 Å². The molecule has 10 nitrogen and oxygen atoms in total. The lowest BCUT2D eigenvalue weighted by atomic mass is 10.1. The Bertz CT molecular complexity index is 964. The fraction of sp³-hybridized carbons (Fsp3) is 0.625. The number of anilines is 1. The molecule has 0 radical (unpaired) electrons. The van der Waals surface area contributed by atoms with Crippen LogP contribution in [-0.4, -0.2) is 43.9 Å². The van der Waals surface area contributed by atoms with Gasteiger partial charge in [0.25, 0.3) is 5.56 Å². The lowest BCUT2D eigenvalue weighted by Gasteiger charge is -2.23. The first-order chi connectivity index (χ1) is 12.7. The summed E-state index contributed by atoms with van der Waals surface area (Å²) < 4.78 is 12.6. The van der Waals surface area contributed by atoms with Gasteiger partial charge in [-0.05, 0) is 6.42 Å². The van der Waals surface area contributed by atoms with Gasteiger partial charge in [-0.3, -0.25) is 23.9 Å². The molecule has 0 aliphatic carbocycles. The first kappa shape index (κ1) is 19.5. The summed E-state index contributed by atoms with van der Waals surface area (Å²) in [5, 5.41) is 10.5. The number of H-pyrrole nitrogens is 1. The van der Waals surface area contributed by atoms with Crippen molar-refractivity contribution in [2.45, 2.75) is 58.2 Å².